The fourth-order valence-corrected chi connectivity index (χ4v) is 2.01. The molecule has 0 saturated heterocycles. The summed E-state index contributed by atoms with van der Waals surface area (Å²) in [4.78, 5) is 11.8. The first-order chi connectivity index (χ1) is 8.22. The first-order valence-electron chi connectivity index (χ1n) is 6.09. The summed E-state index contributed by atoms with van der Waals surface area (Å²) >= 11 is 0. The van der Waals surface area contributed by atoms with E-state index >= 15 is 0 Å². The van der Waals surface area contributed by atoms with E-state index in [2.05, 4.69) is 5.32 Å². The average molecular weight is 233 g/mol. The van der Waals surface area contributed by atoms with Crippen molar-refractivity contribution in [3.63, 3.8) is 0 Å². The minimum absolute atomic E-state index is 0.160. The molecule has 0 aliphatic heterocycles. The molecule has 1 aliphatic carbocycles. The summed E-state index contributed by atoms with van der Waals surface area (Å²) in [7, 11) is 1.45. The van der Waals surface area contributed by atoms with Crippen molar-refractivity contribution in [1.82, 2.24) is 5.32 Å². The molecule has 2 rings (SSSR count). The molecule has 0 spiro atoms. The summed E-state index contributed by atoms with van der Waals surface area (Å²) in [5, 5.41) is 3.40. The van der Waals surface area contributed by atoms with Crippen LogP contribution in [0.4, 0.5) is 0 Å². The maximum Gasteiger partial charge on any atom is 0.314 e. The van der Waals surface area contributed by atoms with Crippen LogP contribution in [0.2, 0.25) is 0 Å². The highest BCUT2D eigenvalue weighted by atomic mass is 16.5. The molecule has 0 aromatic heterocycles. The molecule has 0 heterocycles. The standard InChI is InChI=1S/C14H19NO2/c1-10-5-3-4-6-12(10)13(14(16)17-2)9-15-11-7-8-11/h3-6,11,13,15H,7-9H2,1-2H3. The molecule has 3 nitrogen and oxygen atoms in total. The Morgan fingerprint density at radius 2 is 2.18 bits per heavy atom. The van der Waals surface area contributed by atoms with Gasteiger partial charge in [0.15, 0.2) is 0 Å². The quantitative estimate of drug-likeness (QED) is 0.791. The van der Waals surface area contributed by atoms with Crippen LogP contribution in [0.15, 0.2) is 24.3 Å². The van der Waals surface area contributed by atoms with Crippen LogP contribution in [-0.2, 0) is 9.53 Å². The highest BCUT2D eigenvalue weighted by molar-refractivity contribution is 5.78. The molecule has 92 valence electrons. The SMILES string of the molecule is COC(=O)C(CNC1CC1)c1ccccc1C. The average Bonchev–Trinajstić information content (AvgIpc) is 3.15. The van der Waals surface area contributed by atoms with E-state index in [4.69, 9.17) is 4.74 Å². The second kappa shape index (κ2) is 5.32. The molecule has 3 heteroatoms. The number of aryl methyl sites for hydroxylation is 1. The fraction of sp³-hybridized carbons (Fsp3) is 0.500. The van der Waals surface area contributed by atoms with Crippen molar-refractivity contribution in [3.8, 4) is 0 Å². The third kappa shape index (κ3) is 3.07. The Bertz CT molecular complexity index is 399. The Kier molecular flexibility index (Phi) is 3.79. The van der Waals surface area contributed by atoms with Crippen LogP contribution < -0.4 is 5.32 Å². The van der Waals surface area contributed by atoms with Gasteiger partial charge in [0.25, 0.3) is 0 Å². The number of esters is 1. The Hall–Kier alpha value is -1.35. The minimum atomic E-state index is -0.193. The van der Waals surface area contributed by atoms with Gasteiger partial charge in [-0.2, -0.15) is 0 Å². The van der Waals surface area contributed by atoms with Gasteiger partial charge in [-0.25, -0.2) is 0 Å². The molecule has 1 aromatic rings. The molecule has 1 N–H and O–H groups in total. The van der Waals surface area contributed by atoms with Crippen molar-refractivity contribution in [2.75, 3.05) is 13.7 Å². The smallest absolute Gasteiger partial charge is 0.314 e. The maximum atomic E-state index is 11.8. The normalized spacial score (nSPS) is 16.6. The number of carbonyl (C=O) groups excluding carboxylic acids is 1. The molecule has 0 radical (unpaired) electrons. The van der Waals surface area contributed by atoms with Gasteiger partial charge in [0.1, 0.15) is 0 Å². The number of ether oxygens (including phenoxy) is 1. The van der Waals surface area contributed by atoms with Gasteiger partial charge >= 0.3 is 5.97 Å². The third-order valence-electron chi connectivity index (χ3n) is 3.24. The van der Waals surface area contributed by atoms with Crippen LogP contribution >= 0.6 is 0 Å². The number of nitrogens with one attached hydrogen (secondary N) is 1. The number of hydrogen-bond acceptors (Lipinski definition) is 3. The molecule has 17 heavy (non-hydrogen) atoms. The zero-order valence-electron chi connectivity index (χ0n) is 10.4. The topological polar surface area (TPSA) is 38.3 Å². The Labute approximate surface area is 102 Å². The van der Waals surface area contributed by atoms with Crippen molar-refractivity contribution >= 4 is 5.97 Å². The van der Waals surface area contributed by atoms with Crippen LogP contribution in [0, 0.1) is 6.92 Å². The highest BCUT2D eigenvalue weighted by Gasteiger charge is 2.27. The van der Waals surface area contributed by atoms with E-state index in [9.17, 15) is 4.79 Å². The fourth-order valence-electron chi connectivity index (χ4n) is 2.01. The van der Waals surface area contributed by atoms with Crippen LogP contribution in [0.1, 0.15) is 29.9 Å². The number of methoxy groups -OCH3 is 1. The second-order valence-corrected chi connectivity index (χ2v) is 4.61. The summed E-state index contributed by atoms with van der Waals surface area (Å²) in [5.41, 5.74) is 2.20. The van der Waals surface area contributed by atoms with Crippen molar-refractivity contribution in [3.05, 3.63) is 35.4 Å². The molecule has 1 unspecified atom stereocenters. The number of benzene rings is 1. The van der Waals surface area contributed by atoms with Crippen LogP contribution in [-0.4, -0.2) is 25.7 Å². The van der Waals surface area contributed by atoms with E-state index in [1.165, 1.54) is 20.0 Å². The molecule has 1 atom stereocenters. The molecular weight excluding hydrogens is 214 g/mol. The lowest BCUT2D eigenvalue weighted by Crippen LogP contribution is -2.29. The number of hydrogen-bond donors (Lipinski definition) is 1. The monoisotopic (exact) mass is 233 g/mol. The molecule has 1 aliphatic rings. The number of carbonyl (C=O) groups is 1. The first-order valence-corrected chi connectivity index (χ1v) is 6.09. The van der Waals surface area contributed by atoms with Crippen molar-refractivity contribution in [2.24, 2.45) is 0 Å². The van der Waals surface area contributed by atoms with Gasteiger partial charge in [-0.1, -0.05) is 24.3 Å². The largest absolute Gasteiger partial charge is 0.469 e. The van der Waals surface area contributed by atoms with Gasteiger partial charge in [0, 0.05) is 12.6 Å². The zero-order valence-corrected chi connectivity index (χ0v) is 10.4. The summed E-state index contributed by atoms with van der Waals surface area (Å²) < 4.78 is 4.90. The third-order valence-corrected chi connectivity index (χ3v) is 3.24. The van der Waals surface area contributed by atoms with Gasteiger partial charge in [0.2, 0.25) is 0 Å². The van der Waals surface area contributed by atoms with Gasteiger partial charge in [0.05, 0.1) is 13.0 Å². The Morgan fingerprint density at radius 1 is 1.47 bits per heavy atom. The summed E-state index contributed by atoms with van der Waals surface area (Å²) in [6, 6.07) is 8.59. The van der Waals surface area contributed by atoms with Crippen LogP contribution in [0.5, 0.6) is 0 Å². The van der Waals surface area contributed by atoms with E-state index in [1.807, 2.05) is 31.2 Å². The number of rotatable bonds is 5. The van der Waals surface area contributed by atoms with Crippen molar-refractivity contribution in [1.29, 1.82) is 0 Å². The van der Waals surface area contributed by atoms with Gasteiger partial charge in [-0.15, -0.1) is 0 Å². The van der Waals surface area contributed by atoms with Gasteiger partial charge in [-0.05, 0) is 30.9 Å². The molecule has 1 aromatic carbocycles. The van der Waals surface area contributed by atoms with Crippen molar-refractivity contribution < 1.29 is 9.53 Å². The molecule has 1 fully saturated rings. The highest BCUT2D eigenvalue weighted by Crippen LogP contribution is 2.23. The molecule has 0 amide bonds. The summed E-state index contributed by atoms with van der Waals surface area (Å²) in [5.74, 6) is -0.353. The minimum Gasteiger partial charge on any atom is -0.469 e. The summed E-state index contributed by atoms with van der Waals surface area (Å²) in [6.45, 7) is 2.70. The van der Waals surface area contributed by atoms with E-state index in [0.29, 0.717) is 12.6 Å². The Balaban J connectivity index is 2.13. The van der Waals surface area contributed by atoms with E-state index in [1.54, 1.807) is 0 Å². The van der Waals surface area contributed by atoms with Crippen LogP contribution in [0.3, 0.4) is 0 Å². The molecule has 0 bridgehead atoms. The molecule has 1 saturated carbocycles. The second-order valence-electron chi connectivity index (χ2n) is 4.61. The van der Waals surface area contributed by atoms with Gasteiger partial charge < -0.3 is 10.1 Å². The maximum absolute atomic E-state index is 11.8. The van der Waals surface area contributed by atoms with E-state index in [-0.39, 0.29) is 11.9 Å². The lowest BCUT2D eigenvalue weighted by Gasteiger charge is -2.17. The van der Waals surface area contributed by atoms with E-state index < -0.39 is 0 Å². The predicted octanol–water partition coefficient (Wildman–Crippen LogP) is 2.00. The van der Waals surface area contributed by atoms with Crippen LogP contribution in [0.25, 0.3) is 0 Å². The lowest BCUT2D eigenvalue weighted by atomic mass is 9.95. The van der Waals surface area contributed by atoms with E-state index in [0.717, 1.165) is 11.1 Å². The Morgan fingerprint density at radius 3 is 2.76 bits per heavy atom. The lowest BCUT2D eigenvalue weighted by molar-refractivity contribution is -0.142. The first kappa shape index (κ1) is 12.1. The molecular formula is C14H19NO2. The van der Waals surface area contributed by atoms with Gasteiger partial charge in [-0.3, -0.25) is 4.79 Å². The van der Waals surface area contributed by atoms with Crippen molar-refractivity contribution in [2.45, 2.75) is 31.7 Å². The summed E-state index contributed by atoms with van der Waals surface area (Å²) in [6.07, 6.45) is 2.45. The predicted molar refractivity (Wildman–Crippen MR) is 67.0 cm³/mol. The zero-order chi connectivity index (χ0) is 12.3.